The molecule has 3 aromatic rings. The number of halogens is 2. The molecule has 1 aliphatic rings. The van der Waals surface area contributed by atoms with Crippen LogP contribution in [0.1, 0.15) is 10.4 Å². The van der Waals surface area contributed by atoms with E-state index in [0.717, 1.165) is 0 Å². The first kappa shape index (κ1) is 23.0. The number of carbonyl (C=O) groups is 1. The second kappa shape index (κ2) is 9.38. The number of hydrogen-bond acceptors (Lipinski definition) is 6. The highest BCUT2D eigenvalue weighted by atomic mass is 35.5. The Hall–Kier alpha value is -3.14. The molecule has 0 fully saturated rings. The first-order valence-corrected chi connectivity index (χ1v) is 11.9. The summed E-state index contributed by atoms with van der Waals surface area (Å²) in [6.07, 6.45) is 0. The highest BCUT2D eigenvalue weighted by molar-refractivity contribution is 7.92. The van der Waals surface area contributed by atoms with Crippen molar-refractivity contribution in [3.05, 3.63) is 70.2 Å². The van der Waals surface area contributed by atoms with Gasteiger partial charge in [0.25, 0.3) is 15.9 Å². The quantitative estimate of drug-likeness (QED) is 0.494. The molecule has 0 aromatic heterocycles. The van der Waals surface area contributed by atoms with Crippen LogP contribution in [0.5, 0.6) is 17.2 Å². The molecule has 3 aromatic carbocycles. The number of ether oxygens (including phenoxy) is 3. The van der Waals surface area contributed by atoms with Crippen LogP contribution in [0.2, 0.25) is 10.0 Å². The summed E-state index contributed by atoms with van der Waals surface area (Å²) in [5.74, 6) is 0.708. The average Bonchev–Trinajstić information content (AvgIpc) is 2.78. The van der Waals surface area contributed by atoms with E-state index in [1.807, 2.05) is 0 Å². The first-order chi connectivity index (χ1) is 15.8. The van der Waals surface area contributed by atoms with Crippen molar-refractivity contribution in [3.63, 3.8) is 0 Å². The van der Waals surface area contributed by atoms with E-state index in [9.17, 15) is 13.2 Å². The van der Waals surface area contributed by atoms with Gasteiger partial charge in [-0.25, -0.2) is 8.42 Å². The van der Waals surface area contributed by atoms with Crippen LogP contribution < -0.4 is 24.2 Å². The average molecular weight is 509 g/mol. The van der Waals surface area contributed by atoms with Crippen LogP contribution in [0, 0.1) is 0 Å². The predicted octanol–water partition coefficient (Wildman–Crippen LogP) is 4.83. The molecular formula is C22H18Cl2N2O6S. The SMILES string of the molecule is COc1ccc(S(=O)(=O)Nc2ccc3c(c2)OCCO3)cc1NC(=O)c1ccc(Cl)cc1Cl. The van der Waals surface area contributed by atoms with Crippen LogP contribution in [0.3, 0.4) is 0 Å². The third kappa shape index (κ3) is 5.11. The molecule has 8 nitrogen and oxygen atoms in total. The molecule has 1 heterocycles. The molecular weight excluding hydrogens is 491 g/mol. The molecule has 0 bridgehead atoms. The van der Waals surface area contributed by atoms with Gasteiger partial charge in [-0.1, -0.05) is 23.2 Å². The minimum absolute atomic E-state index is 0.0873. The molecule has 172 valence electrons. The smallest absolute Gasteiger partial charge is 0.261 e. The van der Waals surface area contributed by atoms with Gasteiger partial charge in [0, 0.05) is 11.1 Å². The zero-order chi connectivity index (χ0) is 23.6. The lowest BCUT2D eigenvalue weighted by Gasteiger charge is -2.19. The van der Waals surface area contributed by atoms with E-state index in [1.54, 1.807) is 18.2 Å². The number of benzene rings is 3. The molecule has 0 unspecified atom stereocenters. The van der Waals surface area contributed by atoms with E-state index >= 15 is 0 Å². The zero-order valence-electron chi connectivity index (χ0n) is 17.2. The van der Waals surface area contributed by atoms with Crippen LogP contribution in [0.25, 0.3) is 0 Å². The second-order valence-electron chi connectivity index (χ2n) is 6.90. The van der Waals surface area contributed by atoms with Crippen LogP contribution in [-0.4, -0.2) is 34.6 Å². The number of anilines is 2. The van der Waals surface area contributed by atoms with Gasteiger partial charge >= 0.3 is 0 Å². The van der Waals surface area contributed by atoms with Gasteiger partial charge in [-0.05, 0) is 48.5 Å². The summed E-state index contributed by atoms with van der Waals surface area (Å²) in [6, 6.07) is 13.3. The number of hydrogen-bond donors (Lipinski definition) is 2. The maximum atomic E-state index is 13.0. The van der Waals surface area contributed by atoms with Crippen LogP contribution in [0.15, 0.2) is 59.5 Å². The summed E-state index contributed by atoms with van der Waals surface area (Å²) >= 11 is 12.0. The summed E-state index contributed by atoms with van der Waals surface area (Å²) in [5, 5.41) is 3.17. The maximum Gasteiger partial charge on any atom is 0.261 e. The minimum atomic E-state index is -4.00. The molecule has 33 heavy (non-hydrogen) atoms. The highest BCUT2D eigenvalue weighted by Gasteiger charge is 2.20. The van der Waals surface area contributed by atoms with Crippen molar-refractivity contribution in [2.75, 3.05) is 30.4 Å². The van der Waals surface area contributed by atoms with Crippen molar-refractivity contribution in [1.29, 1.82) is 0 Å². The number of methoxy groups -OCH3 is 1. The van der Waals surface area contributed by atoms with Crippen molar-refractivity contribution in [2.24, 2.45) is 0 Å². The van der Waals surface area contributed by atoms with Gasteiger partial charge in [-0.3, -0.25) is 9.52 Å². The molecule has 1 amide bonds. The fraction of sp³-hybridized carbons (Fsp3) is 0.136. The Morgan fingerprint density at radius 2 is 1.73 bits per heavy atom. The summed E-state index contributed by atoms with van der Waals surface area (Å²) in [4.78, 5) is 12.6. The Bertz CT molecular complexity index is 1330. The fourth-order valence-electron chi connectivity index (χ4n) is 3.14. The lowest BCUT2D eigenvalue weighted by atomic mass is 10.2. The van der Waals surface area contributed by atoms with E-state index in [1.165, 1.54) is 43.5 Å². The largest absolute Gasteiger partial charge is 0.495 e. The number of rotatable bonds is 6. The molecule has 0 saturated carbocycles. The summed E-state index contributed by atoms with van der Waals surface area (Å²) < 4.78 is 44.7. The monoisotopic (exact) mass is 508 g/mol. The Kier molecular flexibility index (Phi) is 6.55. The minimum Gasteiger partial charge on any atom is -0.495 e. The summed E-state index contributed by atoms with van der Waals surface area (Å²) in [5.41, 5.74) is 0.623. The second-order valence-corrected chi connectivity index (χ2v) is 9.43. The van der Waals surface area contributed by atoms with E-state index < -0.39 is 15.9 Å². The topological polar surface area (TPSA) is 103 Å². The Morgan fingerprint density at radius 3 is 2.45 bits per heavy atom. The first-order valence-electron chi connectivity index (χ1n) is 9.64. The maximum absolute atomic E-state index is 13.0. The number of fused-ring (bicyclic) bond motifs is 1. The summed E-state index contributed by atoms with van der Waals surface area (Å²) in [6.45, 7) is 0.808. The van der Waals surface area contributed by atoms with Crippen LogP contribution in [-0.2, 0) is 10.0 Å². The van der Waals surface area contributed by atoms with Gasteiger partial charge in [0.15, 0.2) is 11.5 Å². The molecule has 0 saturated heterocycles. The molecule has 11 heteroatoms. The van der Waals surface area contributed by atoms with E-state index in [2.05, 4.69) is 10.0 Å². The Balaban J connectivity index is 1.60. The van der Waals surface area contributed by atoms with Crippen molar-refractivity contribution in [2.45, 2.75) is 4.90 Å². The molecule has 0 aliphatic carbocycles. The van der Waals surface area contributed by atoms with E-state index in [4.69, 9.17) is 37.4 Å². The fourth-order valence-corrected chi connectivity index (χ4v) is 4.71. The molecule has 0 spiro atoms. The van der Waals surface area contributed by atoms with Gasteiger partial charge in [0.2, 0.25) is 0 Å². The third-order valence-electron chi connectivity index (χ3n) is 4.70. The van der Waals surface area contributed by atoms with E-state index in [-0.39, 0.29) is 26.9 Å². The van der Waals surface area contributed by atoms with Crippen LogP contribution >= 0.6 is 23.2 Å². The molecule has 4 rings (SSSR count). The molecule has 1 aliphatic heterocycles. The summed E-state index contributed by atoms with van der Waals surface area (Å²) in [7, 11) is -2.59. The normalized spacial score (nSPS) is 12.7. The number of sulfonamides is 1. The van der Waals surface area contributed by atoms with Crippen molar-refractivity contribution >= 4 is 50.5 Å². The molecule has 0 radical (unpaired) electrons. The van der Waals surface area contributed by atoms with Gasteiger partial charge in [-0.15, -0.1) is 0 Å². The van der Waals surface area contributed by atoms with E-state index in [0.29, 0.717) is 35.4 Å². The lowest BCUT2D eigenvalue weighted by molar-refractivity contribution is 0.102. The van der Waals surface area contributed by atoms with Gasteiger partial charge < -0.3 is 19.5 Å². The van der Waals surface area contributed by atoms with Gasteiger partial charge in [0.05, 0.1) is 34.0 Å². The number of carbonyl (C=O) groups excluding carboxylic acids is 1. The molecule has 0 atom stereocenters. The predicted molar refractivity (Wildman–Crippen MR) is 126 cm³/mol. The standard InChI is InChI=1S/C22H18Cl2N2O6S/c1-30-19-7-4-15(12-18(19)25-22(27)16-5-2-13(23)10-17(16)24)33(28,29)26-14-3-6-20-21(11-14)32-9-8-31-20/h2-7,10-12,26H,8-9H2,1H3,(H,25,27). The number of nitrogens with one attached hydrogen (secondary N) is 2. The zero-order valence-corrected chi connectivity index (χ0v) is 19.6. The molecule has 2 N–H and O–H groups in total. The third-order valence-corrected chi connectivity index (χ3v) is 6.63. The van der Waals surface area contributed by atoms with Crippen molar-refractivity contribution in [3.8, 4) is 17.2 Å². The Labute approximate surface area is 200 Å². The number of amides is 1. The lowest BCUT2D eigenvalue weighted by Crippen LogP contribution is -2.17. The van der Waals surface area contributed by atoms with Gasteiger partial charge in [-0.2, -0.15) is 0 Å². The van der Waals surface area contributed by atoms with Gasteiger partial charge in [0.1, 0.15) is 19.0 Å². The Morgan fingerprint density at radius 1 is 0.970 bits per heavy atom. The van der Waals surface area contributed by atoms with Crippen LogP contribution in [0.4, 0.5) is 11.4 Å². The van der Waals surface area contributed by atoms with Crippen molar-refractivity contribution in [1.82, 2.24) is 0 Å². The van der Waals surface area contributed by atoms with Crippen molar-refractivity contribution < 1.29 is 27.4 Å². The highest BCUT2D eigenvalue weighted by Crippen LogP contribution is 2.34.